The molecule has 48 heavy (non-hydrogen) atoms. The molecular formula is C37H56FN5O5. The molecule has 0 spiro atoms. The van der Waals surface area contributed by atoms with Gasteiger partial charge < -0.3 is 34.8 Å². The van der Waals surface area contributed by atoms with Gasteiger partial charge in [-0.2, -0.15) is 5.26 Å². The van der Waals surface area contributed by atoms with Crippen molar-refractivity contribution in [2.75, 3.05) is 52.8 Å². The Kier molecular flexibility index (Phi) is 22.2. The summed E-state index contributed by atoms with van der Waals surface area (Å²) in [6.45, 7) is 14.6. The fraction of sp³-hybridized carbons (Fsp3) is 0.541. The second-order valence-electron chi connectivity index (χ2n) is 13.0. The van der Waals surface area contributed by atoms with Crippen molar-refractivity contribution < 1.29 is 28.3 Å². The first kappa shape index (κ1) is 44.0. The van der Waals surface area contributed by atoms with Gasteiger partial charge in [0.25, 0.3) is 0 Å². The highest BCUT2D eigenvalue weighted by Gasteiger charge is 2.38. The number of likely N-dealkylation sites (tertiary alicyclic amines) is 1. The van der Waals surface area contributed by atoms with E-state index in [1.807, 2.05) is 44.2 Å². The van der Waals surface area contributed by atoms with Gasteiger partial charge in [0, 0.05) is 12.2 Å². The molecule has 0 radical (unpaired) electrons. The van der Waals surface area contributed by atoms with Gasteiger partial charge in [-0.3, -0.25) is 9.59 Å². The van der Waals surface area contributed by atoms with Crippen molar-refractivity contribution in [1.29, 1.82) is 5.26 Å². The number of anilines is 1. The fourth-order valence-electron chi connectivity index (χ4n) is 3.98. The van der Waals surface area contributed by atoms with Crippen LogP contribution in [0.5, 0.6) is 0 Å². The molecule has 2 heterocycles. The Hall–Kier alpha value is -3.98. The second-order valence-corrected chi connectivity index (χ2v) is 13.0. The molecule has 0 aromatic heterocycles. The molecule has 0 saturated carbocycles. The number of hydrogen-bond acceptors (Lipinski definition) is 8. The fourth-order valence-corrected chi connectivity index (χ4v) is 3.98. The van der Waals surface area contributed by atoms with Gasteiger partial charge in [-0.05, 0) is 69.2 Å². The highest BCUT2D eigenvalue weighted by molar-refractivity contribution is 5.93. The summed E-state index contributed by atoms with van der Waals surface area (Å²) in [6, 6.07) is 16.7. The molecule has 3 atom stereocenters. The quantitative estimate of drug-likeness (QED) is 0.357. The predicted molar refractivity (Wildman–Crippen MR) is 189 cm³/mol. The SMILES string of the molecule is CC.CC(C)(C)C.CN(C)CC(=O)N1CC(C(=O)Nc2ccccc2)CC1C#N.CNC(C=O)Cc1ccc(F)cc1.O=CC1COC1. The van der Waals surface area contributed by atoms with Crippen molar-refractivity contribution in [3.05, 3.63) is 66.0 Å². The highest BCUT2D eigenvalue weighted by Crippen LogP contribution is 2.24. The summed E-state index contributed by atoms with van der Waals surface area (Å²) in [6.07, 6.45) is 2.77. The third kappa shape index (κ3) is 19.6. The molecule has 2 saturated heterocycles. The van der Waals surface area contributed by atoms with Crippen molar-refractivity contribution >= 4 is 30.1 Å². The number of halogens is 1. The number of para-hydroxylation sites is 1. The summed E-state index contributed by atoms with van der Waals surface area (Å²) < 4.78 is 17.2. The summed E-state index contributed by atoms with van der Waals surface area (Å²) in [5.74, 6) is -0.657. The Morgan fingerprint density at radius 2 is 1.62 bits per heavy atom. The molecule has 2 N–H and O–H groups in total. The normalized spacial score (nSPS) is 17.1. The number of carbonyl (C=O) groups is 4. The lowest BCUT2D eigenvalue weighted by atomic mass is 10.0. The monoisotopic (exact) mass is 669 g/mol. The van der Waals surface area contributed by atoms with E-state index in [-0.39, 0.29) is 42.1 Å². The minimum absolute atomic E-state index is 0.119. The maximum atomic E-state index is 12.5. The Bertz CT molecular complexity index is 1240. The molecule has 4 rings (SSSR count). The molecule has 2 aliphatic rings. The maximum Gasteiger partial charge on any atom is 0.237 e. The summed E-state index contributed by atoms with van der Waals surface area (Å²) >= 11 is 0. The van der Waals surface area contributed by atoms with Gasteiger partial charge in [0.1, 0.15) is 24.4 Å². The van der Waals surface area contributed by atoms with E-state index in [1.54, 1.807) is 38.2 Å². The average Bonchev–Trinajstić information content (AvgIpc) is 3.47. The second kappa shape index (κ2) is 24.2. The smallest absolute Gasteiger partial charge is 0.237 e. The summed E-state index contributed by atoms with van der Waals surface area (Å²) in [5.41, 5.74) is 2.17. The van der Waals surface area contributed by atoms with Gasteiger partial charge in [0.15, 0.2) is 0 Å². The third-order valence-electron chi connectivity index (χ3n) is 6.39. The van der Waals surface area contributed by atoms with Gasteiger partial charge in [-0.25, -0.2) is 4.39 Å². The zero-order valence-electron chi connectivity index (χ0n) is 30.2. The Morgan fingerprint density at radius 1 is 1.06 bits per heavy atom. The zero-order valence-corrected chi connectivity index (χ0v) is 30.2. The lowest BCUT2D eigenvalue weighted by molar-refractivity contribution is -0.132. The number of aldehydes is 2. The molecule has 2 aromatic rings. The molecule has 11 heteroatoms. The van der Waals surface area contributed by atoms with Crippen molar-refractivity contribution in [3.63, 3.8) is 0 Å². The van der Waals surface area contributed by atoms with E-state index in [2.05, 4.69) is 44.4 Å². The van der Waals surface area contributed by atoms with Crippen LogP contribution in [0.3, 0.4) is 0 Å². The first-order valence-electron chi connectivity index (χ1n) is 16.3. The number of nitrogens with one attached hydrogen (secondary N) is 2. The van der Waals surface area contributed by atoms with Crippen LogP contribution in [0.25, 0.3) is 0 Å². The molecule has 10 nitrogen and oxygen atoms in total. The molecule has 2 aromatic carbocycles. The van der Waals surface area contributed by atoms with Crippen LogP contribution in [0.15, 0.2) is 54.6 Å². The minimum Gasteiger partial charge on any atom is -0.380 e. The standard InChI is InChI=1S/C16H20N4O2.C10H12FNO.C5H12.C4H6O2.C2H6/c1-19(2)11-15(21)20-10-12(8-14(20)9-17)16(22)18-13-6-4-3-5-7-13;1-12-10(7-13)6-8-2-4-9(11)5-3-8;1-5(2,3)4;5-1-4-2-6-3-4;1-2/h3-7,12,14H,8,10-11H2,1-2H3,(H,18,22);2-5,7,10,12H,6H2,1H3;1-4H3;1,4H,2-3H2;1-2H3. The zero-order chi connectivity index (χ0) is 36.7. The third-order valence-corrected chi connectivity index (χ3v) is 6.39. The van der Waals surface area contributed by atoms with E-state index in [0.29, 0.717) is 38.0 Å². The summed E-state index contributed by atoms with van der Waals surface area (Å²) in [4.78, 5) is 47.9. The number of ether oxygens (including phenoxy) is 1. The van der Waals surface area contributed by atoms with Gasteiger partial charge in [-0.1, -0.05) is 71.9 Å². The van der Waals surface area contributed by atoms with Crippen LogP contribution >= 0.6 is 0 Å². The number of nitriles is 1. The predicted octanol–water partition coefficient (Wildman–Crippen LogP) is 4.99. The molecule has 2 fully saturated rings. The highest BCUT2D eigenvalue weighted by atomic mass is 19.1. The number of carbonyl (C=O) groups excluding carboxylic acids is 4. The minimum atomic E-state index is -0.529. The molecular weight excluding hydrogens is 613 g/mol. The van der Waals surface area contributed by atoms with E-state index < -0.39 is 6.04 Å². The van der Waals surface area contributed by atoms with Crippen LogP contribution in [0.1, 0.15) is 53.5 Å². The van der Waals surface area contributed by atoms with E-state index in [4.69, 9.17) is 4.74 Å². The number of rotatable bonds is 9. The number of benzene rings is 2. The van der Waals surface area contributed by atoms with Crippen molar-refractivity contribution in [2.45, 2.75) is 66.5 Å². The maximum absolute atomic E-state index is 12.5. The van der Waals surface area contributed by atoms with Crippen LogP contribution in [0.2, 0.25) is 0 Å². The lowest BCUT2D eigenvalue weighted by Crippen LogP contribution is -2.40. The Balaban J connectivity index is 0.000000711. The molecule has 3 unspecified atom stereocenters. The van der Waals surface area contributed by atoms with E-state index in [9.17, 15) is 28.8 Å². The summed E-state index contributed by atoms with van der Waals surface area (Å²) in [7, 11) is 5.33. The lowest BCUT2D eigenvalue weighted by Gasteiger charge is -2.21. The summed E-state index contributed by atoms with van der Waals surface area (Å²) in [5, 5.41) is 14.9. The van der Waals surface area contributed by atoms with Crippen LogP contribution in [0.4, 0.5) is 10.1 Å². The molecule has 2 aliphatic heterocycles. The van der Waals surface area contributed by atoms with Crippen LogP contribution in [-0.2, 0) is 30.3 Å². The topological polar surface area (TPSA) is 132 Å². The van der Waals surface area contributed by atoms with Gasteiger partial charge >= 0.3 is 0 Å². The van der Waals surface area contributed by atoms with Gasteiger partial charge in [-0.15, -0.1) is 0 Å². The molecule has 0 aliphatic carbocycles. The number of hydrogen-bond donors (Lipinski definition) is 2. The van der Waals surface area contributed by atoms with Crippen molar-refractivity contribution in [3.8, 4) is 6.07 Å². The average molecular weight is 670 g/mol. The number of likely N-dealkylation sites (N-methyl/N-ethyl adjacent to an activating group) is 2. The van der Waals surface area contributed by atoms with Crippen molar-refractivity contribution in [1.82, 2.24) is 15.1 Å². The van der Waals surface area contributed by atoms with Crippen LogP contribution in [-0.4, -0.2) is 93.7 Å². The van der Waals surface area contributed by atoms with Crippen LogP contribution < -0.4 is 10.6 Å². The van der Waals surface area contributed by atoms with E-state index in [0.717, 1.165) is 23.8 Å². The Labute approximate surface area is 287 Å². The van der Waals surface area contributed by atoms with Gasteiger partial charge in [0.2, 0.25) is 11.8 Å². The van der Waals surface area contributed by atoms with Gasteiger partial charge in [0.05, 0.1) is 43.7 Å². The first-order valence-corrected chi connectivity index (χ1v) is 16.3. The first-order chi connectivity index (χ1) is 22.7. The largest absolute Gasteiger partial charge is 0.380 e. The Morgan fingerprint density at radius 3 is 2.02 bits per heavy atom. The molecule has 0 bridgehead atoms. The molecule has 266 valence electrons. The number of nitrogens with zero attached hydrogens (tertiary/aromatic N) is 3. The van der Waals surface area contributed by atoms with E-state index in [1.165, 1.54) is 17.0 Å². The van der Waals surface area contributed by atoms with Crippen molar-refractivity contribution in [2.24, 2.45) is 17.3 Å². The number of amides is 2. The van der Waals surface area contributed by atoms with E-state index >= 15 is 0 Å². The molecule has 2 amide bonds. The van der Waals surface area contributed by atoms with Crippen LogP contribution in [0, 0.1) is 34.4 Å².